The number of amides is 1. The standard InChI is InChI=1S/C19H15N7O2/c27-19(14-4-1-5-17(23-14)26-11-21-22-12-26)25-8-6-16-15(10-25)24-18(28-16)13-3-2-7-20-9-13/h1-5,7,9,11-12H,6,8,10H2. The highest BCUT2D eigenvalue weighted by molar-refractivity contribution is 5.92. The third-order valence-corrected chi connectivity index (χ3v) is 4.56. The molecule has 0 spiro atoms. The number of carbonyl (C=O) groups excluding carboxylic acids is 1. The number of aromatic nitrogens is 6. The SMILES string of the molecule is O=C(c1cccc(-n2cnnc2)n1)N1CCc2oc(-c3cccnc3)nc2C1. The zero-order valence-corrected chi connectivity index (χ0v) is 14.8. The van der Waals surface area contributed by atoms with Crippen LogP contribution in [0.25, 0.3) is 17.3 Å². The van der Waals surface area contributed by atoms with Crippen LogP contribution >= 0.6 is 0 Å². The van der Waals surface area contributed by atoms with Gasteiger partial charge in [0.1, 0.15) is 35.6 Å². The van der Waals surface area contributed by atoms with Crippen LogP contribution in [0.2, 0.25) is 0 Å². The molecule has 0 unspecified atom stereocenters. The fourth-order valence-electron chi connectivity index (χ4n) is 3.15. The molecule has 4 aromatic heterocycles. The monoisotopic (exact) mass is 373 g/mol. The van der Waals surface area contributed by atoms with Crippen LogP contribution in [0, 0.1) is 0 Å². The first-order chi connectivity index (χ1) is 13.8. The molecule has 9 nitrogen and oxygen atoms in total. The maximum atomic E-state index is 13.0. The molecule has 0 saturated heterocycles. The van der Waals surface area contributed by atoms with Gasteiger partial charge in [-0.15, -0.1) is 10.2 Å². The van der Waals surface area contributed by atoms with Gasteiger partial charge in [0, 0.05) is 25.4 Å². The normalized spacial score (nSPS) is 13.4. The molecule has 4 aromatic rings. The molecule has 0 aliphatic carbocycles. The zero-order chi connectivity index (χ0) is 18.9. The Balaban J connectivity index is 1.38. The minimum atomic E-state index is -0.147. The summed E-state index contributed by atoms with van der Waals surface area (Å²) >= 11 is 0. The van der Waals surface area contributed by atoms with E-state index in [0.29, 0.717) is 36.9 Å². The van der Waals surface area contributed by atoms with Gasteiger partial charge in [-0.1, -0.05) is 6.07 Å². The molecule has 0 N–H and O–H groups in total. The van der Waals surface area contributed by atoms with Gasteiger partial charge in [-0.25, -0.2) is 9.97 Å². The summed E-state index contributed by atoms with van der Waals surface area (Å²) in [5, 5.41) is 7.54. The average molecular weight is 373 g/mol. The molecule has 1 aliphatic heterocycles. The number of hydrogen-bond acceptors (Lipinski definition) is 7. The van der Waals surface area contributed by atoms with Crippen molar-refractivity contribution in [2.24, 2.45) is 0 Å². The van der Waals surface area contributed by atoms with Crippen LogP contribution in [0.4, 0.5) is 0 Å². The Kier molecular flexibility index (Phi) is 3.90. The molecule has 0 fully saturated rings. The smallest absolute Gasteiger partial charge is 0.272 e. The Hall–Kier alpha value is -3.88. The summed E-state index contributed by atoms with van der Waals surface area (Å²) in [5.41, 5.74) is 1.96. The van der Waals surface area contributed by atoms with E-state index in [1.54, 1.807) is 52.7 Å². The second-order valence-corrected chi connectivity index (χ2v) is 6.36. The van der Waals surface area contributed by atoms with Gasteiger partial charge >= 0.3 is 0 Å². The quantitative estimate of drug-likeness (QED) is 0.540. The fraction of sp³-hybridized carbons (Fsp3) is 0.158. The molecule has 138 valence electrons. The lowest BCUT2D eigenvalue weighted by molar-refractivity contribution is 0.0722. The number of rotatable bonds is 3. The van der Waals surface area contributed by atoms with Crippen molar-refractivity contribution in [3.05, 3.63) is 72.5 Å². The minimum Gasteiger partial charge on any atom is -0.441 e. The predicted octanol–water partition coefficient (Wildman–Crippen LogP) is 1.91. The summed E-state index contributed by atoms with van der Waals surface area (Å²) in [7, 11) is 0. The summed E-state index contributed by atoms with van der Waals surface area (Å²) in [6.45, 7) is 0.933. The van der Waals surface area contributed by atoms with Crippen molar-refractivity contribution in [1.29, 1.82) is 0 Å². The van der Waals surface area contributed by atoms with Crippen molar-refractivity contribution in [3.63, 3.8) is 0 Å². The number of fused-ring (bicyclic) bond motifs is 1. The molecule has 9 heteroatoms. The summed E-state index contributed by atoms with van der Waals surface area (Å²) in [5.74, 6) is 1.79. The molecule has 1 amide bonds. The molecule has 5 rings (SSSR count). The first-order valence-electron chi connectivity index (χ1n) is 8.78. The number of pyridine rings is 2. The third kappa shape index (κ3) is 2.92. The Bertz CT molecular complexity index is 1120. The highest BCUT2D eigenvalue weighted by Crippen LogP contribution is 2.26. The topological polar surface area (TPSA) is 103 Å². The average Bonchev–Trinajstić information content (AvgIpc) is 3.43. The van der Waals surface area contributed by atoms with Crippen molar-refractivity contribution < 1.29 is 9.21 Å². The second kappa shape index (κ2) is 6.69. The molecular formula is C19H15N7O2. The van der Waals surface area contributed by atoms with Crippen molar-refractivity contribution in [3.8, 4) is 17.3 Å². The van der Waals surface area contributed by atoms with Gasteiger partial charge in [0.05, 0.1) is 12.1 Å². The van der Waals surface area contributed by atoms with Gasteiger partial charge in [-0.2, -0.15) is 0 Å². The molecule has 28 heavy (non-hydrogen) atoms. The Morgan fingerprint density at radius 3 is 2.79 bits per heavy atom. The van der Waals surface area contributed by atoms with Crippen molar-refractivity contribution in [1.82, 2.24) is 34.6 Å². The van der Waals surface area contributed by atoms with Gasteiger partial charge in [0.2, 0.25) is 5.89 Å². The Labute approximate surface area is 159 Å². The lowest BCUT2D eigenvalue weighted by Gasteiger charge is -2.25. The van der Waals surface area contributed by atoms with E-state index in [1.807, 2.05) is 12.1 Å². The number of oxazole rings is 1. The van der Waals surface area contributed by atoms with Gasteiger partial charge in [0.15, 0.2) is 0 Å². The maximum Gasteiger partial charge on any atom is 0.272 e. The highest BCUT2D eigenvalue weighted by Gasteiger charge is 2.27. The summed E-state index contributed by atoms with van der Waals surface area (Å²) in [4.78, 5) is 27.8. The van der Waals surface area contributed by atoms with E-state index in [9.17, 15) is 4.79 Å². The Morgan fingerprint density at radius 2 is 1.96 bits per heavy atom. The summed E-state index contributed by atoms with van der Waals surface area (Å²) < 4.78 is 7.53. The number of carbonyl (C=O) groups is 1. The van der Waals surface area contributed by atoms with Crippen molar-refractivity contribution in [2.75, 3.05) is 6.54 Å². The Morgan fingerprint density at radius 1 is 1.07 bits per heavy atom. The molecule has 5 heterocycles. The lowest BCUT2D eigenvalue weighted by Crippen LogP contribution is -2.36. The summed E-state index contributed by atoms with van der Waals surface area (Å²) in [6.07, 6.45) is 7.10. The fourth-order valence-corrected chi connectivity index (χ4v) is 3.15. The predicted molar refractivity (Wildman–Crippen MR) is 97.3 cm³/mol. The number of hydrogen-bond donors (Lipinski definition) is 0. The van der Waals surface area contributed by atoms with Crippen LogP contribution in [0.5, 0.6) is 0 Å². The molecule has 0 bridgehead atoms. The van der Waals surface area contributed by atoms with Crippen LogP contribution in [-0.4, -0.2) is 47.1 Å². The molecule has 0 saturated carbocycles. The van der Waals surface area contributed by atoms with Crippen LogP contribution in [0.1, 0.15) is 21.9 Å². The lowest BCUT2D eigenvalue weighted by atomic mass is 10.1. The first-order valence-corrected chi connectivity index (χ1v) is 8.78. The van der Waals surface area contributed by atoms with Crippen LogP contribution in [0.15, 0.2) is 59.8 Å². The van der Waals surface area contributed by atoms with Crippen LogP contribution in [-0.2, 0) is 13.0 Å². The molecule has 0 aromatic carbocycles. The van der Waals surface area contributed by atoms with Crippen LogP contribution in [0.3, 0.4) is 0 Å². The van der Waals surface area contributed by atoms with Crippen molar-refractivity contribution in [2.45, 2.75) is 13.0 Å². The number of nitrogens with zero attached hydrogens (tertiary/aromatic N) is 7. The first kappa shape index (κ1) is 16.3. The zero-order valence-electron chi connectivity index (χ0n) is 14.8. The van der Waals surface area contributed by atoms with E-state index in [0.717, 1.165) is 17.0 Å². The van der Waals surface area contributed by atoms with Crippen LogP contribution < -0.4 is 0 Å². The van der Waals surface area contributed by atoms with Gasteiger partial charge in [-0.3, -0.25) is 14.3 Å². The van der Waals surface area contributed by atoms with E-state index in [4.69, 9.17) is 4.42 Å². The van der Waals surface area contributed by atoms with Gasteiger partial charge in [-0.05, 0) is 24.3 Å². The van der Waals surface area contributed by atoms with E-state index in [-0.39, 0.29) is 5.91 Å². The van der Waals surface area contributed by atoms with Crippen molar-refractivity contribution >= 4 is 5.91 Å². The van der Waals surface area contributed by atoms with Gasteiger partial charge < -0.3 is 9.32 Å². The van der Waals surface area contributed by atoms with E-state index in [1.165, 1.54) is 0 Å². The van der Waals surface area contributed by atoms with E-state index in [2.05, 4.69) is 25.1 Å². The van der Waals surface area contributed by atoms with Gasteiger partial charge in [0.25, 0.3) is 5.91 Å². The summed E-state index contributed by atoms with van der Waals surface area (Å²) in [6, 6.07) is 9.03. The van der Waals surface area contributed by atoms with E-state index < -0.39 is 0 Å². The molecular weight excluding hydrogens is 358 g/mol. The molecule has 1 aliphatic rings. The molecule has 0 radical (unpaired) electrons. The second-order valence-electron chi connectivity index (χ2n) is 6.36. The maximum absolute atomic E-state index is 13.0. The highest BCUT2D eigenvalue weighted by atomic mass is 16.4. The third-order valence-electron chi connectivity index (χ3n) is 4.56. The minimum absolute atomic E-state index is 0.147. The van der Waals surface area contributed by atoms with E-state index >= 15 is 0 Å². The molecule has 0 atom stereocenters. The largest absolute Gasteiger partial charge is 0.441 e.